The third-order valence-electron chi connectivity index (χ3n) is 4.34. The van der Waals surface area contributed by atoms with Gasteiger partial charge in [-0.3, -0.25) is 0 Å². The summed E-state index contributed by atoms with van der Waals surface area (Å²) in [5.41, 5.74) is 1.14. The van der Waals surface area contributed by atoms with Crippen LogP contribution >= 0.6 is 11.3 Å². The molecule has 1 saturated heterocycles. The van der Waals surface area contributed by atoms with Crippen LogP contribution in [0.5, 0.6) is 0 Å². The maximum Gasteiger partial charge on any atom is 0.186 e. The molecule has 1 aromatic carbocycles. The minimum Gasteiger partial charge on any atom is -0.348 e. The van der Waals surface area contributed by atoms with Crippen molar-refractivity contribution >= 4 is 26.7 Å². The largest absolute Gasteiger partial charge is 0.348 e. The van der Waals surface area contributed by atoms with E-state index in [1.165, 1.54) is 55.1 Å². The van der Waals surface area contributed by atoms with Gasteiger partial charge in [0.25, 0.3) is 0 Å². The molecule has 0 amide bonds. The quantitative estimate of drug-likeness (QED) is 0.935. The van der Waals surface area contributed by atoms with Crippen LogP contribution in [0.4, 0.5) is 5.13 Å². The molecule has 1 aliphatic carbocycles. The fraction of sp³-hybridized carbons (Fsp3) is 0.562. The Morgan fingerprint density at radius 2 is 2.15 bits per heavy atom. The Kier molecular flexibility index (Phi) is 3.36. The molecule has 4 rings (SSSR count). The molecule has 2 aliphatic rings. The number of fused-ring (bicyclic) bond motifs is 1. The molecule has 106 valence electrons. The Morgan fingerprint density at radius 3 is 3.00 bits per heavy atom. The highest BCUT2D eigenvalue weighted by Crippen LogP contribution is 2.31. The highest BCUT2D eigenvalue weighted by Gasteiger charge is 2.25. The van der Waals surface area contributed by atoms with Crippen molar-refractivity contribution in [2.45, 2.75) is 31.7 Å². The van der Waals surface area contributed by atoms with E-state index in [0.717, 1.165) is 17.5 Å². The monoisotopic (exact) mass is 287 g/mol. The molecule has 2 heterocycles. The standard InChI is InChI=1S/C16H21N3S/c1-2-6-15-14(5-1)18-16(20-15)19-9-3-4-12(11-19)10-17-13-7-8-13/h1-2,5-6,12-13,17H,3-4,7-11H2. The molecule has 4 heteroatoms. The van der Waals surface area contributed by atoms with Gasteiger partial charge in [-0.2, -0.15) is 0 Å². The van der Waals surface area contributed by atoms with E-state index in [1.807, 2.05) is 11.3 Å². The van der Waals surface area contributed by atoms with Crippen molar-refractivity contribution in [2.75, 3.05) is 24.5 Å². The van der Waals surface area contributed by atoms with E-state index >= 15 is 0 Å². The zero-order chi connectivity index (χ0) is 13.4. The Bertz CT molecular complexity index is 557. The summed E-state index contributed by atoms with van der Waals surface area (Å²) in [6.45, 7) is 3.52. The van der Waals surface area contributed by atoms with Crippen LogP contribution in [0.2, 0.25) is 0 Å². The van der Waals surface area contributed by atoms with Crippen LogP contribution in [-0.2, 0) is 0 Å². The highest BCUT2D eigenvalue weighted by atomic mass is 32.1. The summed E-state index contributed by atoms with van der Waals surface area (Å²) in [5, 5.41) is 4.89. The van der Waals surface area contributed by atoms with Gasteiger partial charge in [0, 0.05) is 19.1 Å². The number of aromatic nitrogens is 1. The summed E-state index contributed by atoms with van der Waals surface area (Å²) in [5.74, 6) is 0.788. The van der Waals surface area contributed by atoms with Gasteiger partial charge in [0.2, 0.25) is 0 Å². The first-order chi connectivity index (χ1) is 9.88. The average molecular weight is 287 g/mol. The number of piperidine rings is 1. The molecular weight excluding hydrogens is 266 g/mol. The first kappa shape index (κ1) is 12.6. The molecule has 2 aromatic rings. The van der Waals surface area contributed by atoms with E-state index in [1.54, 1.807) is 0 Å². The Balaban J connectivity index is 1.46. The van der Waals surface area contributed by atoms with Crippen molar-refractivity contribution in [1.82, 2.24) is 10.3 Å². The van der Waals surface area contributed by atoms with Gasteiger partial charge in [0.15, 0.2) is 5.13 Å². The van der Waals surface area contributed by atoms with Crippen molar-refractivity contribution in [1.29, 1.82) is 0 Å². The molecule has 1 unspecified atom stereocenters. The average Bonchev–Trinajstić information content (AvgIpc) is 3.22. The van der Waals surface area contributed by atoms with Crippen molar-refractivity contribution in [2.24, 2.45) is 5.92 Å². The highest BCUT2D eigenvalue weighted by molar-refractivity contribution is 7.22. The van der Waals surface area contributed by atoms with Crippen LogP contribution in [0.15, 0.2) is 24.3 Å². The number of para-hydroxylation sites is 1. The predicted molar refractivity (Wildman–Crippen MR) is 85.6 cm³/mol. The molecule has 1 atom stereocenters. The Labute approximate surface area is 124 Å². The topological polar surface area (TPSA) is 28.2 Å². The summed E-state index contributed by atoms with van der Waals surface area (Å²) in [6.07, 6.45) is 5.43. The molecule has 3 nitrogen and oxygen atoms in total. The number of benzene rings is 1. The van der Waals surface area contributed by atoms with E-state index in [0.29, 0.717) is 0 Å². The second-order valence-electron chi connectivity index (χ2n) is 6.10. The molecular formula is C16H21N3S. The van der Waals surface area contributed by atoms with Crippen molar-refractivity contribution < 1.29 is 0 Å². The maximum absolute atomic E-state index is 4.80. The SMILES string of the molecule is c1ccc2sc(N3CCCC(CNC4CC4)C3)nc2c1. The number of hydrogen-bond acceptors (Lipinski definition) is 4. The number of thiazole rings is 1. The van der Waals surface area contributed by atoms with Gasteiger partial charge in [-0.1, -0.05) is 23.5 Å². The van der Waals surface area contributed by atoms with E-state index in [4.69, 9.17) is 4.98 Å². The summed E-state index contributed by atoms with van der Waals surface area (Å²) in [6, 6.07) is 9.29. The van der Waals surface area contributed by atoms with Crippen LogP contribution in [0.1, 0.15) is 25.7 Å². The minimum absolute atomic E-state index is 0.788. The van der Waals surface area contributed by atoms with E-state index in [9.17, 15) is 0 Å². The van der Waals surface area contributed by atoms with Gasteiger partial charge in [-0.05, 0) is 50.3 Å². The predicted octanol–water partition coefficient (Wildman–Crippen LogP) is 3.26. The van der Waals surface area contributed by atoms with Crippen LogP contribution in [-0.4, -0.2) is 30.7 Å². The first-order valence-corrected chi connectivity index (χ1v) is 8.54. The summed E-state index contributed by atoms with van der Waals surface area (Å²) in [4.78, 5) is 7.30. The lowest BCUT2D eigenvalue weighted by molar-refractivity contribution is 0.391. The minimum atomic E-state index is 0.788. The molecule has 1 N–H and O–H groups in total. The van der Waals surface area contributed by atoms with Gasteiger partial charge in [0.1, 0.15) is 0 Å². The van der Waals surface area contributed by atoms with E-state index in [2.05, 4.69) is 34.5 Å². The zero-order valence-corrected chi connectivity index (χ0v) is 12.5. The number of nitrogens with zero attached hydrogens (tertiary/aromatic N) is 2. The number of hydrogen-bond donors (Lipinski definition) is 1. The van der Waals surface area contributed by atoms with Gasteiger partial charge < -0.3 is 10.2 Å². The fourth-order valence-electron chi connectivity index (χ4n) is 3.02. The third-order valence-corrected chi connectivity index (χ3v) is 5.44. The molecule has 2 fully saturated rings. The number of anilines is 1. The lowest BCUT2D eigenvalue weighted by atomic mass is 9.98. The Morgan fingerprint density at radius 1 is 1.25 bits per heavy atom. The summed E-state index contributed by atoms with van der Waals surface area (Å²) < 4.78 is 1.31. The molecule has 20 heavy (non-hydrogen) atoms. The lowest BCUT2D eigenvalue weighted by Gasteiger charge is -2.32. The van der Waals surface area contributed by atoms with Crippen molar-refractivity contribution in [3.05, 3.63) is 24.3 Å². The van der Waals surface area contributed by atoms with Crippen LogP contribution in [0, 0.1) is 5.92 Å². The van der Waals surface area contributed by atoms with Gasteiger partial charge in [-0.25, -0.2) is 4.98 Å². The molecule has 1 aliphatic heterocycles. The van der Waals surface area contributed by atoms with Crippen LogP contribution < -0.4 is 10.2 Å². The summed E-state index contributed by atoms with van der Waals surface area (Å²) in [7, 11) is 0. The van der Waals surface area contributed by atoms with Gasteiger partial charge in [0.05, 0.1) is 10.2 Å². The molecule has 0 bridgehead atoms. The van der Waals surface area contributed by atoms with Crippen molar-refractivity contribution in [3.63, 3.8) is 0 Å². The number of rotatable bonds is 4. The first-order valence-electron chi connectivity index (χ1n) is 7.72. The maximum atomic E-state index is 4.80. The normalized spacial score (nSPS) is 23.4. The second-order valence-corrected chi connectivity index (χ2v) is 7.11. The van der Waals surface area contributed by atoms with E-state index < -0.39 is 0 Å². The lowest BCUT2D eigenvalue weighted by Crippen LogP contribution is -2.40. The summed E-state index contributed by atoms with van der Waals surface area (Å²) >= 11 is 1.84. The molecule has 0 spiro atoms. The molecule has 1 aromatic heterocycles. The second kappa shape index (κ2) is 5.34. The van der Waals surface area contributed by atoms with Gasteiger partial charge >= 0.3 is 0 Å². The third kappa shape index (κ3) is 2.67. The smallest absolute Gasteiger partial charge is 0.186 e. The van der Waals surface area contributed by atoms with Gasteiger partial charge in [-0.15, -0.1) is 0 Å². The fourth-order valence-corrected chi connectivity index (χ4v) is 4.02. The Hall–Kier alpha value is -1.13. The van der Waals surface area contributed by atoms with E-state index in [-0.39, 0.29) is 0 Å². The van der Waals surface area contributed by atoms with Crippen LogP contribution in [0.25, 0.3) is 10.2 Å². The number of nitrogens with one attached hydrogen (secondary N) is 1. The van der Waals surface area contributed by atoms with Crippen LogP contribution in [0.3, 0.4) is 0 Å². The molecule has 0 radical (unpaired) electrons. The zero-order valence-electron chi connectivity index (χ0n) is 11.7. The molecule has 1 saturated carbocycles. The van der Waals surface area contributed by atoms with Crippen molar-refractivity contribution in [3.8, 4) is 0 Å².